The SMILES string of the molecule is CO/C1=C/C(C)=C/C(C)C(O)C(C)C/C(C)=C/C=C\C(OC)C(C(C)C(O)C(C)C2(O)CC(O[14C](=O)c3ccc(C4(C(F)(F)C(F)(F)C(F)(F)C(F)(F)F)N=N4)cc3)C(C)C(C(C)C)O2)OC1=O. The minimum Gasteiger partial charge on any atom is -0.490 e. The van der Waals surface area contributed by atoms with Gasteiger partial charge in [-0.1, -0.05) is 96.0 Å². The molecule has 0 spiro atoms. The number of nitrogens with zero attached hydrogens (tertiary/aromatic N) is 2. The molecule has 1 fully saturated rings. The van der Waals surface area contributed by atoms with Crippen LogP contribution in [-0.4, -0.2) is 108 Å². The molecule has 3 aliphatic heterocycles. The number of benzene rings is 1. The van der Waals surface area contributed by atoms with Crippen LogP contribution < -0.4 is 0 Å². The molecular weight excluding hydrogens is 925 g/mol. The topological polar surface area (TPSA) is 166 Å². The van der Waals surface area contributed by atoms with Crippen molar-refractivity contribution in [3.8, 4) is 0 Å². The van der Waals surface area contributed by atoms with Crippen molar-refractivity contribution in [1.29, 1.82) is 0 Å². The molecule has 12 atom stereocenters. The first-order valence-electron chi connectivity index (χ1n) is 22.0. The second kappa shape index (κ2) is 21.0. The molecule has 0 saturated carbocycles. The Labute approximate surface area is 389 Å². The summed E-state index contributed by atoms with van der Waals surface area (Å²) in [5.74, 6) is -28.6. The molecule has 3 heterocycles. The fourth-order valence-electron chi connectivity index (χ4n) is 8.78. The Morgan fingerprint density at radius 1 is 0.912 bits per heavy atom. The third-order valence-corrected chi connectivity index (χ3v) is 13.1. The van der Waals surface area contributed by atoms with Crippen molar-refractivity contribution in [2.75, 3.05) is 14.2 Å². The number of aliphatic hydroxyl groups excluding tert-OH is 2. The Kier molecular flexibility index (Phi) is 17.3. The van der Waals surface area contributed by atoms with Crippen LogP contribution in [0.3, 0.4) is 0 Å². The Morgan fingerprint density at radius 3 is 2.01 bits per heavy atom. The van der Waals surface area contributed by atoms with Crippen LogP contribution in [0, 0.1) is 35.5 Å². The summed E-state index contributed by atoms with van der Waals surface area (Å²) < 4.78 is 154. The number of carbonyl (C=O) groups is 2. The van der Waals surface area contributed by atoms with Gasteiger partial charge in [0.15, 0.2) is 5.79 Å². The lowest BCUT2D eigenvalue weighted by Gasteiger charge is -2.50. The highest BCUT2D eigenvalue weighted by molar-refractivity contribution is 5.89. The van der Waals surface area contributed by atoms with Crippen LogP contribution in [0.4, 0.5) is 39.5 Å². The van der Waals surface area contributed by atoms with Gasteiger partial charge in [0.25, 0.3) is 5.66 Å². The molecule has 0 amide bonds. The van der Waals surface area contributed by atoms with Gasteiger partial charge >= 0.3 is 35.9 Å². The number of ether oxygens (including phenoxy) is 5. The molecule has 21 heteroatoms. The minimum atomic E-state index is -7.18. The lowest BCUT2D eigenvalue weighted by atomic mass is 9.76. The predicted molar refractivity (Wildman–Crippen MR) is 227 cm³/mol. The van der Waals surface area contributed by atoms with E-state index in [0.29, 0.717) is 24.1 Å². The van der Waals surface area contributed by atoms with Crippen LogP contribution in [0.5, 0.6) is 0 Å². The number of rotatable bonds is 13. The van der Waals surface area contributed by atoms with Gasteiger partial charge in [-0.15, -0.1) is 10.2 Å². The number of carbonyl (C=O) groups excluding carboxylic acids is 2. The molecule has 1 saturated heterocycles. The van der Waals surface area contributed by atoms with Gasteiger partial charge in [0.1, 0.15) is 18.3 Å². The zero-order valence-electron chi connectivity index (χ0n) is 39.5. The smallest absolute Gasteiger partial charge is 0.460 e. The van der Waals surface area contributed by atoms with Gasteiger partial charge in [-0.2, -0.15) is 39.5 Å². The number of halogens is 9. The van der Waals surface area contributed by atoms with Crippen molar-refractivity contribution < 1.29 is 88.1 Å². The summed E-state index contributed by atoms with van der Waals surface area (Å²) in [5, 5.41) is 40.9. The van der Waals surface area contributed by atoms with E-state index in [2.05, 4.69) is 10.2 Å². The van der Waals surface area contributed by atoms with E-state index >= 15 is 0 Å². The van der Waals surface area contributed by atoms with Crippen molar-refractivity contribution in [3.63, 3.8) is 0 Å². The van der Waals surface area contributed by atoms with Crippen LogP contribution in [0.25, 0.3) is 0 Å². The third-order valence-electron chi connectivity index (χ3n) is 13.1. The molecule has 12 nitrogen and oxygen atoms in total. The van der Waals surface area contributed by atoms with Crippen molar-refractivity contribution in [2.24, 2.45) is 45.7 Å². The average Bonchev–Trinajstić information content (AvgIpc) is 4.08. The van der Waals surface area contributed by atoms with Crippen LogP contribution in [0.1, 0.15) is 91.1 Å². The number of aliphatic hydroxyl groups is 3. The van der Waals surface area contributed by atoms with Crippen molar-refractivity contribution in [3.05, 3.63) is 82.7 Å². The first-order valence-corrected chi connectivity index (χ1v) is 22.0. The standard InChI is InChI=1S/C47H61F9N2O10/c1-23(2)38-28(7)35(66-40(61)31-15-17-32(18-16-31)43(57-58-43)44(48,49)45(50,51)46(52,53)47(54,55)56)22-42(63,68-38)30(9)37(60)29(8)39-33(64-10)14-12-13-24(3)19-26(5)36(59)27(6)20-25(4)21-34(65-11)41(62)67-39/h12-18,20-21,23,26-30,33,35-39,59-60,63H,19,22H2,1-11H3/b14-12-,24-13+,25-20+,34-21+/i40+2. The zero-order valence-corrected chi connectivity index (χ0v) is 39.5. The largest absolute Gasteiger partial charge is 0.490 e. The fourth-order valence-corrected chi connectivity index (χ4v) is 8.78. The van der Waals surface area contributed by atoms with Crippen LogP contribution in [0.15, 0.2) is 81.8 Å². The molecule has 0 bridgehead atoms. The number of methoxy groups -OCH3 is 2. The molecule has 0 aliphatic carbocycles. The maximum atomic E-state index is 15.0. The van der Waals surface area contributed by atoms with Gasteiger partial charge in [-0.3, -0.25) is 0 Å². The minimum absolute atomic E-state index is 0.130. The number of alkyl halides is 9. The maximum absolute atomic E-state index is 15.0. The lowest BCUT2D eigenvalue weighted by Crippen LogP contribution is -2.64. The number of allylic oxidation sites excluding steroid dienone is 5. The Morgan fingerprint density at radius 2 is 1.50 bits per heavy atom. The molecule has 4 rings (SSSR count). The van der Waals surface area contributed by atoms with Gasteiger partial charge in [0.2, 0.25) is 5.76 Å². The van der Waals surface area contributed by atoms with Gasteiger partial charge in [0.05, 0.1) is 31.0 Å². The van der Waals surface area contributed by atoms with Gasteiger partial charge in [-0.05, 0) is 50.3 Å². The molecule has 68 heavy (non-hydrogen) atoms. The van der Waals surface area contributed by atoms with Gasteiger partial charge in [-0.25, -0.2) is 9.59 Å². The number of esters is 2. The summed E-state index contributed by atoms with van der Waals surface area (Å²) in [7, 11) is 2.64. The zero-order chi connectivity index (χ0) is 51.7. The van der Waals surface area contributed by atoms with Crippen LogP contribution in [0.2, 0.25) is 0 Å². The van der Waals surface area contributed by atoms with Crippen molar-refractivity contribution >= 4 is 11.9 Å². The van der Waals surface area contributed by atoms with E-state index in [4.69, 9.17) is 23.7 Å². The third kappa shape index (κ3) is 11.2. The normalized spacial score (nSPS) is 33.1. The number of hydrogen-bond donors (Lipinski definition) is 3. The summed E-state index contributed by atoms with van der Waals surface area (Å²) >= 11 is 0. The lowest BCUT2D eigenvalue weighted by molar-refractivity contribution is -0.402. The quantitative estimate of drug-likeness (QED) is 0.128. The highest BCUT2D eigenvalue weighted by Crippen LogP contribution is 2.63. The maximum Gasteiger partial charge on any atom is 0.460 e. The Balaban J connectivity index is 1.63. The summed E-state index contributed by atoms with van der Waals surface area (Å²) in [4.78, 5) is 27.4. The highest BCUT2D eigenvalue weighted by atomic mass is 19.4. The molecule has 0 aromatic heterocycles. The van der Waals surface area contributed by atoms with E-state index in [0.717, 1.165) is 17.7 Å². The molecule has 1 aromatic rings. The van der Waals surface area contributed by atoms with E-state index in [1.54, 1.807) is 52.8 Å². The first kappa shape index (κ1) is 56.3. The van der Waals surface area contributed by atoms with E-state index < -0.39 is 119 Å². The van der Waals surface area contributed by atoms with Crippen LogP contribution >= 0.6 is 0 Å². The second-order valence-corrected chi connectivity index (χ2v) is 18.6. The average molecular weight is 987 g/mol. The van der Waals surface area contributed by atoms with Crippen LogP contribution in [-0.2, 0) is 34.1 Å². The Bertz CT molecular complexity index is 2100. The summed E-state index contributed by atoms with van der Waals surface area (Å²) in [5.41, 5.74) is -3.75. The van der Waals surface area contributed by atoms with E-state index in [-0.39, 0.29) is 23.5 Å². The summed E-state index contributed by atoms with van der Waals surface area (Å²) in [6.07, 6.45) is -5.06. The monoisotopic (exact) mass is 986 g/mol. The van der Waals surface area contributed by atoms with E-state index in [1.807, 2.05) is 26.8 Å². The molecule has 3 N–H and O–H groups in total. The highest BCUT2D eigenvalue weighted by Gasteiger charge is 2.88. The fraction of sp³-hybridized carbons (Fsp3) is 0.660. The number of hydrogen-bond acceptors (Lipinski definition) is 12. The molecule has 3 aliphatic rings. The van der Waals surface area contributed by atoms with E-state index in [1.165, 1.54) is 27.2 Å². The Hall–Kier alpha value is -4.31. The summed E-state index contributed by atoms with van der Waals surface area (Å²) in [6, 6.07) is 2.68. The first-order chi connectivity index (χ1) is 31.2. The second-order valence-electron chi connectivity index (χ2n) is 18.6. The van der Waals surface area contributed by atoms with Gasteiger partial charge < -0.3 is 39.0 Å². The molecule has 382 valence electrons. The molecular formula is C47H61F9N2O10. The molecule has 0 radical (unpaired) electrons. The van der Waals surface area contributed by atoms with Gasteiger partial charge in [0, 0.05) is 42.8 Å². The molecule has 1 aromatic carbocycles. The van der Waals surface area contributed by atoms with Crippen molar-refractivity contribution in [1.82, 2.24) is 0 Å². The summed E-state index contributed by atoms with van der Waals surface area (Å²) in [6.45, 7) is 15.6. The van der Waals surface area contributed by atoms with E-state index in [9.17, 15) is 64.4 Å². The van der Waals surface area contributed by atoms with Crippen molar-refractivity contribution in [2.45, 2.75) is 147 Å². The predicted octanol–water partition coefficient (Wildman–Crippen LogP) is 9.64. The number of cyclic esters (lactones) is 1. The molecule has 12 unspecified atom stereocenters.